The topological polar surface area (TPSA) is 99.9 Å². The standard InChI is InChI=1S/C29H37N5O4S/c1-29(2,3)24-11-9-22(10-12-24)27-30-26(38-31-27)21-32-15-13-23(14-16-32)28(35)33-17-19-34(20-18-33)39(36,37)25-7-5-4-6-8-25/h4-12,23H,13-21H2,1-3H3. The predicted octanol–water partition coefficient (Wildman–Crippen LogP) is 3.78. The molecule has 0 atom stereocenters. The minimum absolute atomic E-state index is 0.0434. The van der Waals surface area contributed by atoms with E-state index >= 15 is 0 Å². The predicted molar refractivity (Wildman–Crippen MR) is 148 cm³/mol. The Morgan fingerprint density at radius 1 is 0.923 bits per heavy atom. The Balaban J connectivity index is 1.09. The molecule has 10 heteroatoms. The van der Waals surface area contributed by atoms with Gasteiger partial charge in [0.2, 0.25) is 27.6 Å². The first-order valence-electron chi connectivity index (χ1n) is 13.6. The lowest BCUT2D eigenvalue weighted by Gasteiger charge is -2.38. The van der Waals surface area contributed by atoms with Gasteiger partial charge in [-0.1, -0.05) is 68.4 Å². The number of likely N-dealkylation sites (tertiary alicyclic amines) is 1. The number of nitrogens with zero attached hydrogens (tertiary/aromatic N) is 5. The molecule has 208 valence electrons. The first kappa shape index (κ1) is 27.5. The average molecular weight is 552 g/mol. The van der Waals surface area contributed by atoms with Crippen LogP contribution < -0.4 is 0 Å². The van der Waals surface area contributed by atoms with Crippen molar-refractivity contribution >= 4 is 15.9 Å². The Morgan fingerprint density at radius 2 is 1.56 bits per heavy atom. The van der Waals surface area contributed by atoms with Crippen molar-refractivity contribution in [1.82, 2.24) is 24.2 Å². The largest absolute Gasteiger partial charge is 0.340 e. The Hall–Kier alpha value is -3.08. The second-order valence-corrected chi connectivity index (χ2v) is 13.4. The van der Waals surface area contributed by atoms with Gasteiger partial charge in [0.25, 0.3) is 0 Å². The molecule has 0 unspecified atom stereocenters. The number of carbonyl (C=O) groups is 1. The summed E-state index contributed by atoms with van der Waals surface area (Å²) in [4.78, 5) is 22.1. The third-order valence-electron chi connectivity index (χ3n) is 7.70. The van der Waals surface area contributed by atoms with E-state index in [1.807, 2.05) is 17.0 Å². The van der Waals surface area contributed by atoms with Crippen molar-refractivity contribution in [1.29, 1.82) is 0 Å². The van der Waals surface area contributed by atoms with Crippen LogP contribution in [0.15, 0.2) is 64.0 Å². The molecule has 1 aromatic heterocycles. The zero-order valence-corrected chi connectivity index (χ0v) is 23.7. The normalized spacial score (nSPS) is 18.4. The van der Waals surface area contributed by atoms with Gasteiger partial charge < -0.3 is 9.42 Å². The molecule has 9 nitrogen and oxygen atoms in total. The van der Waals surface area contributed by atoms with Crippen LogP contribution in [0.1, 0.15) is 45.1 Å². The van der Waals surface area contributed by atoms with Gasteiger partial charge >= 0.3 is 0 Å². The molecule has 3 aromatic rings. The first-order chi connectivity index (χ1) is 18.6. The number of benzene rings is 2. The maximum Gasteiger partial charge on any atom is 0.243 e. The Labute approximate surface area is 230 Å². The molecule has 2 aliphatic heterocycles. The highest BCUT2D eigenvalue weighted by Crippen LogP contribution is 2.26. The van der Waals surface area contributed by atoms with Crippen LogP contribution in [0.3, 0.4) is 0 Å². The van der Waals surface area contributed by atoms with Crippen molar-refractivity contribution in [3.63, 3.8) is 0 Å². The Kier molecular flexibility index (Phi) is 7.89. The van der Waals surface area contributed by atoms with Crippen molar-refractivity contribution in [3.05, 3.63) is 66.1 Å². The van der Waals surface area contributed by atoms with Crippen molar-refractivity contribution in [3.8, 4) is 11.4 Å². The maximum atomic E-state index is 13.2. The van der Waals surface area contributed by atoms with E-state index in [0.29, 0.717) is 49.3 Å². The molecule has 3 heterocycles. The molecule has 2 aromatic carbocycles. The smallest absolute Gasteiger partial charge is 0.243 e. The van der Waals surface area contributed by atoms with E-state index in [-0.39, 0.29) is 17.2 Å². The van der Waals surface area contributed by atoms with Crippen LogP contribution >= 0.6 is 0 Å². The highest BCUT2D eigenvalue weighted by atomic mass is 32.2. The van der Waals surface area contributed by atoms with Crippen LogP contribution in [-0.2, 0) is 26.8 Å². The zero-order chi connectivity index (χ0) is 27.6. The summed E-state index contributed by atoms with van der Waals surface area (Å²) >= 11 is 0. The van der Waals surface area contributed by atoms with Crippen LogP contribution in [0, 0.1) is 5.92 Å². The molecule has 0 bridgehead atoms. The molecule has 39 heavy (non-hydrogen) atoms. The van der Waals surface area contributed by atoms with Gasteiger partial charge in [-0.25, -0.2) is 8.42 Å². The summed E-state index contributed by atoms with van der Waals surface area (Å²) in [5.74, 6) is 1.25. The molecule has 2 saturated heterocycles. The van der Waals surface area contributed by atoms with Gasteiger partial charge in [-0.15, -0.1) is 0 Å². The van der Waals surface area contributed by atoms with Gasteiger partial charge in [0, 0.05) is 37.7 Å². The maximum absolute atomic E-state index is 13.2. The fourth-order valence-corrected chi connectivity index (χ4v) is 6.68. The van der Waals surface area contributed by atoms with Crippen molar-refractivity contribution < 1.29 is 17.7 Å². The second kappa shape index (κ2) is 11.2. The quantitative estimate of drug-likeness (QED) is 0.460. The number of aromatic nitrogens is 2. The number of piperidine rings is 1. The van der Waals surface area contributed by atoms with Crippen LogP contribution in [0.4, 0.5) is 0 Å². The fraction of sp³-hybridized carbons (Fsp3) is 0.483. The van der Waals surface area contributed by atoms with Crippen molar-refractivity contribution in [2.45, 2.75) is 50.5 Å². The van der Waals surface area contributed by atoms with Gasteiger partial charge in [-0.3, -0.25) is 9.69 Å². The Morgan fingerprint density at radius 3 is 2.18 bits per heavy atom. The highest BCUT2D eigenvalue weighted by molar-refractivity contribution is 7.89. The third kappa shape index (κ3) is 6.23. The molecular weight excluding hydrogens is 514 g/mol. The zero-order valence-electron chi connectivity index (χ0n) is 22.9. The number of amides is 1. The summed E-state index contributed by atoms with van der Waals surface area (Å²) in [5.41, 5.74) is 2.27. The van der Waals surface area contributed by atoms with E-state index in [1.54, 1.807) is 30.3 Å². The molecule has 0 saturated carbocycles. The number of hydrogen-bond donors (Lipinski definition) is 0. The molecule has 0 radical (unpaired) electrons. The minimum Gasteiger partial charge on any atom is -0.340 e. The highest BCUT2D eigenvalue weighted by Gasteiger charge is 2.34. The molecule has 0 N–H and O–H groups in total. The van der Waals surface area contributed by atoms with Gasteiger partial charge in [0.15, 0.2) is 0 Å². The second-order valence-electron chi connectivity index (χ2n) is 11.4. The fourth-order valence-electron chi connectivity index (χ4n) is 5.23. The third-order valence-corrected chi connectivity index (χ3v) is 9.62. The minimum atomic E-state index is -3.53. The molecular formula is C29H37N5O4S. The monoisotopic (exact) mass is 551 g/mol. The van der Waals surface area contributed by atoms with Gasteiger partial charge in [-0.2, -0.15) is 9.29 Å². The van der Waals surface area contributed by atoms with Gasteiger partial charge in [0.05, 0.1) is 11.4 Å². The van der Waals surface area contributed by atoms with E-state index in [1.165, 1.54) is 9.87 Å². The lowest BCUT2D eigenvalue weighted by molar-refractivity contribution is -0.138. The molecule has 0 aliphatic carbocycles. The molecule has 2 fully saturated rings. The van der Waals surface area contributed by atoms with Gasteiger partial charge in [-0.05, 0) is 49.0 Å². The van der Waals surface area contributed by atoms with E-state index < -0.39 is 10.0 Å². The van der Waals surface area contributed by atoms with Crippen LogP contribution in [-0.4, -0.2) is 77.8 Å². The lowest BCUT2D eigenvalue weighted by atomic mass is 9.87. The first-order valence-corrected chi connectivity index (χ1v) is 15.0. The number of sulfonamides is 1. The van der Waals surface area contributed by atoms with Crippen molar-refractivity contribution in [2.75, 3.05) is 39.3 Å². The molecule has 1 amide bonds. The van der Waals surface area contributed by atoms with E-state index in [0.717, 1.165) is 31.5 Å². The van der Waals surface area contributed by atoms with E-state index in [4.69, 9.17) is 4.52 Å². The SMILES string of the molecule is CC(C)(C)c1ccc(-c2noc(CN3CCC(C(=O)N4CCN(S(=O)(=O)c5ccccc5)CC4)CC3)n2)cc1. The summed E-state index contributed by atoms with van der Waals surface area (Å²) in [6.07, 6.45) is 1.52. The molecule has 2 aliphatic rings. The summed E-state index contributed by atoms with van der Waals surface area (Å²) < 4.78 is 32.8. The number of carbonyl (C=O) groups excluding carboxylic acids is 1. The Bertz CT molecular complexity index is 1370. The van der Waals surface area contributed by atoms with Crippen LogP contribution in [0.5, 0.6) is 0 Å². The number of hydrogen-bond acceptors (Lipinski definition) is 7. The van der Waals surface area contributed by atoms with Crippen LogP contribution in [0.2, 0.25) is 0 Å². The average Bonchev–Trinajstić information content (AvgIpc) is 3.42. The van der Waals surface area contributed by atoms with E-state index in [9.17, 15) is 13.2 Å². The van der Waals surface area contributed by atoms with Crippen LogP contribution in [0.25, 0.3) is 11.4 Å². The lowest BCUT2D eigenvalue weighted by Crippen LogP contribution is -2.52. The molecule has 0 spiro atoms. The number of rotatable bonds is 6. The van der Waals surface area contributed by atoms with Gasteiger partial charge in [0.1, 0.15) is 0 Å². The number of piperazine rings is 1. The van der Waals surface area contributed by atoms with E-state index in [2.05, 4.69) is 47.9 Å². The molecule has 5 rings (SSSR count). The summed E-state index contributed by atoms with van der Waals surface area (Å²) in [7, 11) is -3.53. The summed E-state index contributed by atoms with van der Waals surface area (Å²) in [6, 6.07) is 16.7. The summed E-state index contributed by atoms with van der Waals surface area (Å²) in [6.45, 7) is 10.2. The summed E-state index contributed by atoms with van der Waals surface area (Å²) in [5, 5.41) is 4.17. The van der Waals surface area contributed by atoms with Crippen molar-refractivity contribution in [2.24, 2.45) is 5.92 Å².